The lowest BCUT2D eigenvalue weighted by Gasteiger charge is -2.15. The molecule has 0 N–H and O–H groups in total. The van der Waals surface area contributed by atoms with Crippen LogP contribution in [0.15, 0.2) is 12.4 Å². The van der Waals surface area contributed by atoms with Gasteiger partial charge >= 0.3 is 0 Å². The maximum Gasteiger partial charge on any atom is 0.138 e. The van der Waals surface area contributed by atoms with E-state index in [1.165, 1.54) is 5.56 Å². The number of nitrogens with zero attached hydrogens (tertiary/aromatic N) is 2. The van der Waals surface area contributed by atoms with Gasteiger partial charge in [-0.25, -0.2) is 0 Å². The van der Waals surface area contributed by atoms with Crippen LogP contribution in [0.2, 0.25) is 0 Å². The molecule has 1 rings (SSSR count). The summed E-state index contributed by atoms with van der Waals surface area (Å²) in [6.07, 6.45) is 6.39. The molecule has 0 bridgehead atoms. The summed E-state index contributed by atoms with van der Waals surface area (Å²) in [5, 5.41) is 4.09. The third-order valence-corrected chi connectivity index (χ3v) is 2.46. The van der Waals surface area contributed by atoms with E-state index in [-0.39, 0.29) is 5.41 Å². The summed E-state index contributed by atoms with van der Waals surface area (Å²) >= 11 is 0. The Labute approximate surface area is 91.5 Å². The first-order valence-electron chi connectivity index (χ1n) is 5.40. The van der Waals surface area contributed by atoms with E-state index in [4.69, 9.17) is 0 Å². The molecule has 84 valence electrons. The maximum absolute atomic E-state index is 11.6. The van der Waals surface area contributed by atoms with Crippen LogP contribution in [-0.2, 0) is 18.3 Å². The Morgan fingerprint density at radius 2 is 2.13 bits per heavy atom. The van der Waals surface area contributed by atoms with Gasteiger partial charge in [-0.15, -0.1) is 0 Å². The first-order chi connectivity index (χ1) is 6.89. The minimum Gasteiger partial charge on any atom is -0.299 e. The SMILES string of the molecule is Cn1cc(CCCC(=O)C(C)(C)C)cn1. The van der Waals surface area contributed by atoms with Crippen LogP contribution in [0.1, 0.15) is 39.2 Å². The van der Waals surface area contributed by atoms with Crippen LogP contribution >= 0.6 is 0 Å². The van der Waals surface area contributed by atoms with Crippen molar-refractivity contribution in [1.82, 2.24) is 9.78 Å². The number of aromatic nitrogens is 2. The molecule has 0 aliphatic rings. The van der Waals surface area contributed by atoms with Crippen molar-refractivity contribution in [2.45, 2.75) is 40.0 Å². The molecule has 0 spiro atoms. The zero-order valence-corrected chi connectivity index (χ0v) is 10.1. The zero-order chi connectivity index (χ0) is 11.5. The highest BCUT2D eigenvalue weighted by molar-refractivity contribution is 5.83. The van der Waals surface area contributed by atoms with E-state index in [2.05, 4.69) is 5.10 Å². The van der Waals surface area contributed by atoms with Crippen molar-refractivity contribution in [3.05, 3.63) is 18.0 Å². The third kappa shape index (κ3) is 3.86. The van der Waals surface area contributed by atoms with Gasteiger partial charge in [0.15, 0.2) is 0 Å². The lowest BCUT2D eigenvalue weighted by Crippen LogP contribution is -2.19. The Hall–Kier alpha value is -1.12. The first kappa shape index (κ1) is 12.0. The van der Waals surface area contributed by atoms with Crippen molar-refractivity contribution < 1.29 is 4.79 Å². The summed E-state index contributed by atoms with van der Waals surface area (Å²) in [6.45, 7) is 5.91. The Morgan fingerprint density at radius 3 is 2.60 bits per heavy atom. The molecular weight excluding hydrogens is 188 g/mol. The number of aryl methyl sites for hydroxylation is 2. The molecule has 0 saturated heterocycles. The van der Waals surface area contributed by atoms with Gasteiger partial charge in [-0.1, -0.05) is 20.8 Å². The Bertz CT molecular complexity index is 334. The van der Waals surface area contributed by atoms with Crippen LogP contribution in [0, 0.1) is 5.41 Å². The molecule has 0 radical (unpaired) electrons. The molecule has 3 nitrogen and oxygen atoms in total. The van der Waals surface area contributed by atoms with Gasteiger partial charge in [-0.3, -0.25) is 9.48 Å². The Kier molecular flexibility index (Phi) is 3.66. The smallest absolute Gasteiger partial charge is 0.138 e. The summed E-state index contributed by atoms with van der Waals surface area (Å²) in [4.78, 5) is 11.6. The normalized spacial score (nSPS) is 11.7. The van der Waals surface area contributed by atoms with E-state index in [1.807, 2.05) is 40.2 Å². The second kappa shape index (κ2) is 4.60. The quantitative estimate of drug-likeness (QED) is 0.761. The summed E-state index contributed by atoms with van der Waals surface area (Å²) in [5.74, 6) is 0.339. The molecule has 1 aromatic rings. The largest absolute Gasteiger partial charge is 0.299 e. The van der Waals surface area contributed by atoms with E-state index in [1.54, 1.807) is 4.68 Å². The minimum atomic E-state index is -0.199. The van der Waals surface area contributed by atoms with Gasteiger partial charge in [0.2, 0.25) is 0 Å². The predicted molar refractivity (Wildman–Crippen MR) is 60.6 cm³/mol. The van der Waals surface area contributed by atoms with Crippen LogP contribution in [-0.4, -0.2) is 15.6 Å². The number of Topliss-reactive ketones (excluding diaryl/α,β-unsaturated/α-hetero) is 1. The van der Waals surface area contributed by atoms with E-state index < -0.39 is 0 Å². The Balaban J connectivity index is 2.31. The number of ketones is 1. The van der Waals surface area contributed by atoms with E-state index in [9.17, 15) is 4.79 Å². The third-order valence-electron chi connectivity index (χ3n) is 2.46. The highest BCUT2D eigenvalue weighted by Gasteiger charge is 2.20. The lowest BCUT2D eigenvalue weighted by atomic mass is 9.88. The number of rotatable bonds is 4. The van der Waals surface area contributed by atoms with Gasteiger partial charge in [-0.2, -0.15) is 5.10 Å². The predicted octanol–water partition coefficient (Wildman–Crippen LogP) is 2.36. The lowest BCUT2D eigenvalue weighted by molar-refractivity contribution is -0.126. The van der Waals surface area contributed by atoms with Crippen LogP contribution in [0.3, 0.4) is 0 Å². The van der Waals surface area contributed by atoms with Gasteiger partial charge in [0.25, 0.3) is 0 Å². The molecule has 1 heterocycles. The molecule has 0 atom stereocenters. The summed E-state index contributed by atoms with van der Waals surface area (Å²) in [6, 6.07) is 0. The number of hydrogen-bond donors (Lipinski definition) is 0. The fraction of sp³-hybridized carbons (Fsp3) is 0.667. The van der Waals surface area contributed by atoms with Crippen LogP contribution in [0.4, 0.5) is 0 Å². The van der Waals surface area contributed by atoms with Gasteiger partial charge in [-0.05, 0) is 18.4 Å². The zero-order valence-electron chi connectivity index (χ0n) is 10.1. The fourth-order valence-corrected chi connectivity index (χ4v) is 1.43. The summed E-state index contributed by atoms with van der Waals surface area (Å²) in [7, 11) is 1.91. The molecule has 0 aromatic carbocycles. The second-order valence-corrected chi connectivity index (χ2v) is 5.05. The van der Waals surface area contributed by atoms with Crippen LogP contribution in [0.25, 0.3) is 0 Å². The topological polar surface area (TPSA) is 34.9 Å². The van der Waals surface area contributed by atoms with Gasteiger partial charge in [0.1, 0.15) is 5.78 Å². The maximum atomic E-state index is 11.6. The summed E-state index contributed by atoms with van der Waals surface area (Å²) < 4.78 is 1.79. The highest BCUT2D eigenvalue weighted by atomic mass is 16.1. The molecule has 0 aliphatic carbocycles. The minimum absolute atomic E-state index is 0.199. The molecule has 0 fully saturated rings. The van der Waals surface area contributed by atoms with E-state index >= 15 is 0 Å². The standard InChI is InChI=1S/C12H20N2O/c1-12(2,3)11(15)7-5-6-10-8-13-14(4)9-10/h8-9H,5-7H2,1-4H3. The monoisotopic (exact) mass is 208 g/mol. The van der Waals surface area contributed by atoms with Crippen LogP contribution in [0.5, 0.6) is 0 Å². The average Bonchev–Trinajstić information content (AvgIpc) is 2.49. The first-order valence-corrected chi connectivity index (χ1v) is 5.40. The molecule has 1 aromatic heterocycles. The molecule has 3 heteroatoms. The van der Waals surface area contributed by atoms with Crippen molar-refractivity contribution >= 4 is 5.78 Å². The van der Waals surface area contributed by atoms with Crippen LogP contribution < -0.4 is 0 Å². The Morgan fingerprint density at radius 1 is 1.47 bits per heavy atom. The van der Waals surface area contributed by atoms with Gasteiger partial charge in [0.05, 0.1) is 6.20 Å². The van der Waals surface area contributed by atoms with Crippen molar-refractivity contribution in [1.29, 1.82) is 0 Å². The molecule has 0 amide bonds. The van der Waals surface area contributed by atoms with Gasteiger partial charge in [0, 0.05) is 25.1 Å². The van der Waals surface area contributed by atoms with Gasteiger partial charge < -0.3 is 0 Å². The highest BCUT2D eigenvalue weighted by Crippen LogP contribution is 2.18. The molecule has 0 saturated carbocycles. The molecule has 15 heavy (non-hydrogen) atoms. The van der Waals surface area contributed by atoms with Crippen molar-refractivity contribution in [3.8, 4) is 0 Å². The van der Waals surface area contributed by atoms with Crippen molar-refractivity contribution in [2.24, 2.45) is 12.5 Å². The fourth-order valence-electron chi connectivity index (χ4n) is 1.43. The second-order valence-electron chi connectivity index (χ2n) is 5.05. The number of carbonyl (C=O) groups excluding carboxylic acids is 1. The van der Waals surface area contributed by atoms with Crippen molar-refractivity contribution in [2.75, 3.05) is 0 Å². The van der Waals surface area contributed by atoms with E-state index in [0.717, 1.165) is 12.8 Å². The molecule has 0 aliphatic heterocycles. The van der Waals surface area contributed by atoms with Crippen molar-refractivity contribution in [3.63, 3.8) is 0 Å². The molecular formula is C12H20N2O. The average molecular weight is 208 g/mol. The summed E-state index contributed by atoms with van der Waals surface area (Å²) in [5.41, 5.74) is 1.01. The number of carbonyl (C=O) groups is 1. The van der Waals surface area contributed by atoms with E-state index in [0.29, 0.717) is 12.2 Å². The number of hydrogen-bond acceptors (Lipinski definition) is 2. The molecule has 0 unspecified atom stereocenters.